The first-order valence-electron chi connectivity index (χ1n) is 5.51. The van der Waals surface area contributed by atoms with Gasteiger partial charge in [-0.05, 0) is 11.8 Å². The van der Waals surface area contributed by atoms with Crippen LogP contribution in [0.15, 0.2) is 0 Å². The molecule has 1 heterocycles. The van der Waals surface area contributed by atoms with Gasteiger partial charge in [-0.25, -0.2) is 4.79 Å². The molecular weight excluding hydrogens is 210 g/mol. The predicted octanol–water partition coefficient (Wildman–Crippen LogP) is 0.756. The summed E-state index contributed by atoms with van der Waals surface area (Å²) in [6.07, 6.45) is -1.27. The Bertz CT molecular complexity index is 274. The molecule has 0 bridgehead atoms. The molecule has 0 aromatic carbocycles. The van der Waals surface area contributed by atoms with E-state index < -0.39 is 17.6 Å². The van der Waals surface area contributed by atoms with Crippen molar-refractivity contribution in [2.75, 3.05) is 19.7 Å². The van der Waals surface area contributed by atoms with Gasteiger partial charge in [0.1, 0.15) is 0 Å². The van der Waals surface area contributed by atoms with Gasteiger partial charge in [0.05, 0.1) is 12.7 Å². The standard InChI is InChI=1S/C11H21NO4/c1-10(2,3)11(7-13)6-12(9(15)16)5-4-8(11)14/h8,13-14H,4-7H2,1-3H3,(H,15,16)/t8-,11+/m1/s1. The van der Waals surface area contributed by atoms with Crippen molar-refractivity contribution in [2.45, 2.75) is 33.3 Å². The van der Waals surface area contributed by atoms with Gasteiger partial charge in [0.25, 0.3) is 0 Å². The third-order valence-corrected chi connectivity index (χ3v) is 3.83. The summed E-state index contributed by atoms with van der Waals surface area (Å²) in [7, 11) is 0. The van der Waals surface area contributed by atoms with E-state index in [4.69, 9.17) is 5.11 Å². The zero-order chi connectivity index (χ0) is 12.6. The highest BCUT2D eigenvalue weighted by Gasteiger charge is 2.51. The molecular formula is C11H21NO4. The fourth-order valence-electron chi connectivity index (χ4n) is 2.37. The second-order valence-electron chi connectivity index (χ2n) is 5.57. The van der Waals surface area contributed by atoms with Crippen molar-refractivity contribution in [1.29, 1.82) is 0 Å². The van der Waals surface area contributed by atoms with Crippen LogP contribution in [0.3, 0.4) is 0 Å². The van der Waals surface area contributed by atoms with E-state index in [1.807, 2.05) is 20.8 Å². The Morgan fingerprint density at radius 1 is 1.50 bits per heavy atom. The van der Waals surface area contributed by atoms with Gasteiger partial charge in [0.15, 0.2) is 0 Å². The molecule has 1 amide bonds. The molecule has 3 N–H and O–H groups in total. The van der Waals surface area contributed by atoms with E-state index in [0.29, 0.717) is 13.0 Å². The molecule has 0 aromatic heterocycles. The monoisotopic (exact) mass is 231 g/mol. The second-order valence-corrected chi connectivity index (χ2v) is 5.57. The van der Waals surface area contributed by atoms with E-state index in [2.05, 4.69) is 0 Å². The summed E-state index contributed by atoms with van der Waals surface area (Å²) in [4.78, 5) is 12.2. The van der Waals surface area contributed by atoms with Crippen LogP contribution in [0.5, 0.6) is 0 Å². The first-order chi connectivity index (χ1) is 7.24. The van der Waals surface area contributed by atoms with E-state index in [0.717, 1.165) is 0 Å². The summed E-state index contributed by atoms with van der Waals surface area (Å²) >= 11 is 0. The highest BCUT2D eigenvalue weighted by atomic mass is 16.4. The number of rotatable bonds is 1. The van der Waals surface area contributed by atoms with Crippen molar-refractivity contribution in [1.82, 2.24) is 4.90 Å². The quantitative estimate of drug-likeness (QED) is 0.622. The van der Waals surface area contributed by atoms with Gasteiger partial charge in [0, 0.05) is 18.5 Å². The molecule has 0 radical (unpaired) electrons. The smallest absolute Gasteiger partial charge is 0.407 e. The van der Waals surface area contributed by atoms with E-state index in [1.54, 1.807) is 0 Å². The molecule has 0 aromatic rings. The van der Waals surface area contributed by atoms with E-state index in [-0.39, 0.29) is 18.6 Å². The lowest BCUT2D eigenvalue weighted by atomic mass is 9.61. The molecule has 2 atom stereocenters. The number of carbonyl (C=O) groups is 1. The van der Waals surface area contributed by atoms with Gasteiger partial charge >= 0.3 is 6.09 Å². The fraction of sp³-hybridized carbons (Fsp3) is 0.909. The summed E-state index contributed by atoms with van der Waals surface area (Å²) in [5, 5.41) is 28.6. The molecule has 1 aliphatic rings. The average Bonchev–Trinajstić information content (AvgIpc) is 2.16. The van der Waals surface area contributed by atoms with Crippen molar-refractivity contribution >= 4 is 6.09 Å². The third kappa shape index (κ3) is 2.01. The van der Waals surface area contributed by atoms with Crippen LogP contribution in [0.2, 0.25) is 0 Å². The normalized spacial score (nSPS) is 31.6. The maximum atomic E-state index is 11.0. The van der Waals surface area contributed by atoms with E-state index in [9.17, 15) is 15.0 Å². The first-order valence-corrected chi connectivity index (χ1v) is 5.51. The Hall–Kier alpha value is -0.810. The molecule has 0 spiro atoms. The Kier molecular flexibility index (Phi) is 3.50. The van der Waals surface area contributed by atoms with Crippen LogP contribution < -0.4 is 0 Å². The van der Waals surface area contributed by atoms with Gasteiger partial charge in [-0.15, -0.1) is 0 Å². The van der Waals surface area contributed by atoms with Crippen molar-refractivity contribution in [3.63, 3.8) is 0 Å². The summed E-state index contributed by atoms with van der Waals surface area (Å²) in [5.74, 6) is 0. The maximum Gasteiger partial charge on any atom is 0.407 e. The van der Waals surface area contributed by atoms with Crippen LogP contribution in [-0.4, -0.2) is 52.1 Å². The topological polar surface area (TPSA) is 81.0 Å². The Labute approximate surface area is 95.7 Å². The van der Waals surface area contributed by atoms with Gasteiger partial charge in [-0.1, -0.05) is 20.8 Å². The van der Waals surface area contributed by atoms with Crippen molar-refractivity contribution in [3.8, 4) is 0 Å². The molecule has 1 fully saturated rings. The predicted molar refractivity (Wildman–Crippen MR) is 59.2 cm³/mol. The number of likely N-dealkylation sites (tertiary alicyclic amines) is 1. The molecule has 94 valence electrons. The molecule has 0 unspecified atom stereocenters. The molecule has 1 rings (SSSR count). The van der Waals surface area contributed by atoms with E-state index >= 15 is 0 Å². The number of piperidine rings is 1. The average molecular weight is 231 g/mol. The summed E-state index contributed by atoms with van der Waals surface area (Å²) < 4.78 is 0. The Balaban J connectivity index is 3.01. The van der Waals surface area contributed by atoms with Gasteiger partial charge in [-0.2, -0.15) is 0 Å². The van der Waals surface area contributed by atoms with Crippen LogP contribution in [0.4, 0.5) is 4.79 Å². The van der Waals surface area contributed by atoms with Crippen LogP contribution >= 0.6 is 0 Å². The van der Waals surface area contributed by atoms with Crippen molar-refractivity contribution in [3.05, 3.63) is 0 Å². The second kappa shape index (κ2) is 4.22. The molecule has 1 saturated heterocycles. The van der Waals surface area contributed by atoms with Gasteiger partial charge in [-0.3, -0.25) is 0 Å². The largest absolute Gasteiger partial charge is 0.465 e. The highest BCUT2D eigenvalue weighted by Crippen LogP contribution is 2.45. The van der Waals surface area contributed by atoms with Crippen LogP contribution in [-0.2, 0) is 0 Å². The van der Waals surface area contributed by atoms with Crippen LogP contribution in [0.1, 0.15) is 27.2 Å². The first kappa shape index (κ1) is 13.3. The van der Waals surface area contributed by atoms with Gasteiger partial charge in [0.2, 0.25) is 0 Å². The molecule has 0 aliphatic carbocycles. The highest BCUT2D eigenvalue weighted by molar-refractivity contribution is 5.65. The summed E-state index contributed by atoms with van der Waals surface area (Å²) in [5.41, 5.74) is -1.13. The Morgan fingerprint density at radius 3 is 2.44 bits per heavy atom. The summed E-state index contributed by atoms with van der Waals surface area (Å²) in [6.45, 7) is 6.05. The van der Waals surface area contributed by atoms with Gasteiger partial charge < -0.3 is 20.2 Å². The fourth-order valence-corrected chi connectivity index (χ4v) is 2.37. The zero-order valence-electron chi connectivity index (χ0n) is 10.1. The number of nitrogens with zero attached hydrogens (tertiary/aromatic N) is 1. The van der Waals surface area contributed by atoms with E-state index in [1.165, 1.54) is 4.90 Å². The lowest BCUT2D eigenvalue weighted by Gasteiger charge is -2.51. The molecule has 5 nitrogen and oxygen atoms in total. The van der Waals surface area contributed by atoms with Crippen LogP contribution in [0, 0.1) is 10.8 Å². The molecule has 1 aliphatic heterocycles. The number of aliphatic hydroxyl groups excluding tert-OH is 2. The minimum Gasteiger partial charge on any atom is -0.465 e. The van der Waals surface area contributed by atoms with Crippen molar-refractivity contribution in [2.24, 2.45) is 10.8 Å². The number of aliphatic hydroxyl groups is 2. The Morgan fingerprint density at radius 2 is 2.06 bits per heavy atom. The third-order valence-electron chi connectivity index (χ3n) is 3.83. The maximum absolute atomic E-state index is 11.0. The molecule has 0 saturated carbocycles. The number of amides is 1. The summed E-state index contributed by atoms with van der Waals surface area (Å²) in [6, 6.07) is 0. The number of hydrogen-bond donors (Lipinski definition) is 3. The molecule has 16 heavy (non-hydrogen) atoms. The SMILES string of the molecule is CC(C)(C)[C@]1(CO)CN(C(=O)O)CC[C@H]1O. The van der Waals surface area contributed by atoms with Crippen LogP contribution in [0.25, 0.3) is 0 Å². The minimum atomic E-state index is -0.992. The number of carboxylic acid groups (broad SMARTS) is 1. The molecule has 5 heteroatoms. The lowest BCUT2D eigenvalue weighted by molar-refractivity contribution is -0.127. The zero-order valence-corrected chi connectivity index (χ0v) is 10.1. The minimum absolute atomic E-state index is 0.184. The lowest BCUT2D eigenvalue weighted by Crippen LogP contribution is -2.60. The van der Waals surface area contributed by atoms with Crippen molar-refractivity contribution < 1.29 is 20.1 Å². The number of hydrogen-bond acceptors (Lipinski definition) is 3.